The molecule has 2 aliphatic heterocycles. The Morgan fingerprint density at radius 3 is 2.81 bits per heavy atom. The number of hydrogen-bond acceptors (Lipinski definition) is 2. The van der Waals surface area contributed by atoms with E-state index in [9.17, 15) is 0 Å². The molecule has 0 bridgehead atoms. The molecule has 2 aliphatic rings. The fourth-order valence-corrected chi connectivity index (χ4v) is 3.98. The summed E-state index contributed by atoms with van der Waals surface area (Å²) in [6.45, 7) is 10.7. The van der Waals surface area contributed by atoms with Crippen molar-refractivity contribution in [2.24, 2.45) is 0 Å². The molecule has 0 aliphatic carbocycles. The third kappa shape index (κ3) is 3.11. The monoisotopic (exact) mass is 286 g/mol. The molecule has 2 fully saturated rings. The molecule has 0 N–H and O–H groups in total. The summed E-state index contributed by atoms with van der Waals surface area (Å²) >= 11 is 0. The zero-order valence-corrected chi connectivity index (χ0v) is 13.9. The summed E-state index contributed by atoms with van der Waals surface area (Å²) in [5.41, 5.74) is 2.91. The third-order valence-corrected chi connectivity index (χ3v) is 5.38. The zero-order valence-electron chi connectivity index (χ0n) is 13.9. The van der Waals surface area contributed by atoms with E-state index in [-0.39, 0.29) is 0 Å². The lowest BCUT2D eigenvalue weighted by atomic mass is 9.94. The van der Waals surface area contributed by atoms with Crippen LogP contribution in [0.5, 0.6) is 0 Å². The van der Waals surface area contributed by atoms with Crippen LogP contribution in [0.4, 0.5) is 5.69 Å². The van der Waals surface area contributed by atoms with Gasteiger partial charge in [-0.2, -0.15) is 0 Å². The highest BCUT2D eigenvalue weighted by molar-refractivity contribution is 5.51. The van der Waals surface area contributed by atoms with Crippen LogP contribution in [-0.2, 0) is 0 Å². The van der Waals surface area contributed by atoms with Crippen molar-refractivity contribution < 1.29 is 0 Å². The van der Waals surface area contributed by atoms with Gasteiger partial charge in [0.15, 0.2) is 0 Å². The van der Waals surface area contributed by atoms with Crippen LogP contribution in [-0.4, -0.2) is 36.6 Å². The first-order chi connectivity index (χ1) is 10.2. The van der Waals surface area contributed by atoms with Gasteiger partial charge in [0.25, 0.3) is 0 Å². The SMILES string of the molecule is CCC1CN2CCCCC2CN1c1cccc(C(C)C)c1. The van der Waals surface area contributed by atoms with Crippen molar-refractivity contribution >= 4 is 5.69 Å². The summed E-state index contributed by atoms with van der Waals surface area (Å²) in [6, 6.07) is 10.7. The highest BCUT2D eigenvalue weighted by Gasteiger charge is 2.34. The Hall–Kier alpha value is -1.02. The van der Waals surface area contributed by atoms with Crippen LogP contribution in [0.15, 0.2) is 24.3 Å². The van der Waals surface area contributed by atoms with Crippen molar-refractivity contribution in [3.05, 3.63) is 29.8 Å². The second-order valence-corrected chi connectivity index (χ2v) is 7.11. The van der Waals surface area contributed by atoms with E-state index in [4.69, 9.17) is 0 Å². The summed E-state index contributed by atoms with van der Waals surface area (Å²) in [4.78, 5) is 5.44. The van der Waals surface area contributed by atoms with Crippen molar-refractivity contribution in [2.45, 2.75) is 64.5 Å². The molecule has 21 heavy (non-hydrogen) atoms. The fraction of sp³-hybridized carbons (Fsp3) is 0.684. The average Bonchev–Trinajstić information content (AvgIpc) is 2.53. The quantitative estimate of drug-likeness (QED) is 0.819. The van der Waals surface area contributed by atoms with Crippen LogP contribution < -0.4 is 4.90 Å². The molecule has 0 spiro atoms. The summed E-state index contributed by atoms with van der Waals surface area (Å²) in [5.74, 6) is 0.612. The molecule has 2 saturated heterocycles. The molecule has 0 saturated carbocycles. The molecule has 0 radical (unpaired) electrons. The van der Waals surface area contributed by atoms with Crippen molar-refractivity contribution in [1.29, 1.82) is 0 Å². The predicted molar refractivity (Wildman–Crippen MR) is 91.2 cm³/mol. The first kappa shape index (κ1) is 14.9. The van der Waals surface area contributed by atoms with E-state index < -0.39 is 0 Å². The number of rotatable bonds is 3. The largest absolute Gasteiger partial charge is 0.366 e. The zero-order chi connectivity index (χ0) is 14.8. The number of fused-ring (bicyclic) bond motifs is 1. The van der Waals surface area contributed by atoms with E-state index in [0.29, 0.717) is 12.0 Å². The number of nitrogens with zero attached hydrogens (tertiary/aromatic N) is 2. The van der Waals surface area contributed by atoms with Gasteiger partial charge >= 0.3 is 0 Å². The third-order valence-electron chi connectivity index (χ3n) is 5.38. The fourth-order valence-electron chi connectivity index (χ4n) is 3.98. The molecule has 2 unspecified atom stereocenters. The number of piperidine rings is 1. The van der Waals surface area contributed by atoms with Crippen molar-refractivity contribution in [2.75, 3.05) is 24.5 Å². The Labute approximate surface area is 130 Å². The molecule has 2 nitrogen and oxygen atoms in total. The van der Waals surface area contributed by atoms with E-state index >= 15 is 0 Å². The lowest BCUT2D eigenvalue weighted by Gasteiger charge is -2.49. The first-order valence-electron chi connectivity index (χ1n) is 8.79. The van der Waals surface area contributed by atoms with Gasteiger partial charge in [0.1, 0.15) is 0 Å². The maximum atomic E-state index is 2.75. The Bertz CT molecular complexity index is 468. The lowest BCUT2D eigenvalue weighted by Crippen LogP contribution is -2.59. The summed E-state index contributed by atoms with van der Waals surface area (Å²) < 4.78 is 0. The van der Waals surface area contributed by atoms with E-state index in [0.717, 1.165) is 6.04 Å². The molecule has 3 rings (SSSR count). The Morgan fingerprint density at radius 1 is 1.19 bits per heavy atom. The van der Waals surface area contributed by atoms with Gasteiger partial charge in [-0.1, -0.05) is 39.3 Å². The summed E-state index contributed by atoms with van der Waals surface area (Å²) in [6.07, 6.45) is 5.44. The molecule has 1 aromatic carbocycles. The normalized spacial score (nSPS) is 27.0. The molecule has 1 aromatic rings. The lowest BCUT2D eigenvalue weighted by molar-refractivity contribution is 0.111. The number of anilines is 1. The molecular weight excluding hydrogens is 256 g/mol. The molecule has 2 atom stereocenters. The highest BCUT2D eigenvalue weighted by atomic mass is 15.3. The molecule has 0 amide bonds. The number of hydrogen-bond donors (Lipinski definition) is 0. The Balaban J connectivity index is 1.83. The van der Waals surface area contributed by atoms with Gasteiger partial charge in [-0.3, -0.25) is 4.90 Å². The summed E-state index contributed by atoms with van der Waals surface area (Å²) in [7, 11) is 0. The van der Waals surface area contributed by atoms with Gasteiger partial charge in [0, 0.05) is 30.9 Å². The minimum atomic E-state index is 0.612. The van der Waals surface area contributed by atoms with Crippen molar-refractivity contribution in [3.8, 4) is 0 Å². The Morgan fingerprint density at radius 2 is 2.05 bits per heavy atom. The van der Waals surface area contributed by atoms with Crippen LogP contribution in [0.3, 0.4) is 0 Å². The van der Waals surface area contributed by atoms with E-state index in [1.54, 1.807) is 0 Å². The average molecular weight is 286 g/mol. The van der Waals surface area contributed by atoms with Gasteiger partial charge < -0.3 is 4.90 Å². The minimum absolute atomic E-state index is 0.612. The van der Waals surface area contributed by atoms with E-state index in [1.165, 1.54) is 56.6 Å². The van der Waals surface area contributed by atoms with E-state index in [2.05, 4.69) is 54.8 Å². The topological polar surface area (TPSA) is 6.48 Å². The maximum Gasteiger partial charge on any atom is 0.0415 e. The highest BCUT2D eigenvalue weighted by Crippen LogP contribution is 2.30. The second kappa shape index (κ2) is 6.39. The van der Waals surface area contributed by atoms with Crippen LogP contribution in [0.1, 0.15) is 57.9 Å². The second-order valence-electron chi connectivity index (χ2n) is 7.11. The molecule has 2 heterocycles. The van der Waals surface area contributed by atoms with Crippen LogP contribution in [0, 0.1) is 0 Å². The van der Waals surface area contributed by atoms with Gasteiger partial charge in [0.2, 0.25) is 0 Å². The smallest absolute Gasteiger partial charge is 0.0415 e. The first-order valence-corrected chi connectivity index (χ1v) is 8.79. The van der Waals surface area contributed by atoms with E-state index in [1.807, 2.05) is 0 Å². The van der Waals surface area contributed by atoms with Gasteiger partial charge in [-0.15, -0.1) is 0 Å². The molecule has 116 valence electrons. The summed E-state index contributed by atoms with van der Waals surface area (Å²) in [5, 5.41) is 0. The van der Waals surface area contributed by atoms with Crippen LogP contribution in [0.2, 0.25) is 0 Å². The van der Waals surface area contributed by atoms with Gasteiger partial charge in [-0.05, 0) is 49.4 Å². The predicted octanol–water partition coefficient (Wildman–Crippen LogP) is 4.26. The van der Waals surface area contributed by atoms with Crippen molar-refractivity contribution in [3.63, 3.8) is 0 Å². The van der Waals surface area contributed by atoms with Crippen LogP contribution >= 0.6 is 0 Å². The van der Waals surface area contributed by atoms with Crippen molar-refractivity contribution in [1.82, 2.24) is 4.90 Å². The maximum absolute atomic E-state index is 2.75. The van der Waals surface area contributed by atoms with Gasteiger partial charge in [-0.25, -0.2) is 0 Å². The molecule has 0 aromatic heterocycles. The van der Waals surface area contributed by atoms with Gasteiger partial charge in [0.05, 0.1) is 0 Å². The molecular formula is C19H30N2. The number of piperazine rings is 1. The Kier molecular flexibility index (Phi) is 4.54. The number of benzene rings is 1. The minimum Gasteiger partial charge on any atom is -0.366 e. The van der Waals surface area contributed by atoms with Crippen LogP contribution in [0.25, 0.3) is 0 Å². The molecule has 2 heteroatoms. The standard InChI is InChI=1S/C19H30N2/c1-4-17-13-20-11-6-5-9-19(20)14-21(17)18-10-7-8-16(12-18)15(2)3/h7-8,10,12,15,17,19H,4-6,9,11,13-14H2,1-3H3.